The fourth-order valence-electron chi connectivity index (χ4n) is 3.69. The minimum Gasteiger partial charge on any atom is -0.298 e. The van der Waals surface area contributed by atoms with E-state index in [9.17, 15) is 17.2 Å². The topological polar surface area (TPSA) is 94.2 Å². The van der Waals surface area contributed by atoms with Crippen molar-refractivity contribution in [2.75, 3.05) is 11.0 Å². The van der Waals surface area contributed by atoms with Crippen LogP contribution in [0.25, 0.3) is 39.4 Å². The first-order valence-corrected chi connectivity index (χ1v) is 12.0. The molecule has 0 aliphatic heterocycles. The molecule has 4 aromatic heterocycles. The van der Waals surface area contributed by atoms with E-state index in [-0.39, 0.29) is 16.9 Å². The summed E-state index contributed by atoms with van der Waals surface area (Å²) in [5, 5.41) is 4.19. The summed E-state index contributed by atoms with van der Waals surface area (Å²) in [6.45, 7) is 0. The van der Waals surface area contributed by atoms with Crippen LogP contribution in [0.15, 0.2) is 67.3 Å². The number of hydrogen-bond donors (Lipinski definition) is 1. The summed E-state index contributed by atoms with van der Waals surface area (Å²) in [5.74, 6) is -1.53. The lowest BCUT2D eigenvalue weighted by Crippen LogP contribution is -2.10. The first-order chi connectivity index (χ1) is 16.2. The number of rotatable bonds is 5. The summed E-state index contributed by atoms with van der Waals surface area (Å²) in [7, 11) is -1.78. The van der Waals surface area contributed by atoms with E-state index >= 15 is 0 Å². The number of halogens is 2. The Hall–Kier alpha value is -4.12. The SMILES string of the molecule is Cn1cc(-c2ccn3c(-c4cc(NS(C)(=O)=O)cc(-c5ccc(F)cc5F)n4)cnc3c2)cn1. The Labute approximate surface area is 193 Å². The van der Waals surface area contributed by atoms with Crippen LogP contribution in [0.3, 0.4) is 0 Å². The fourth-order valence-corrected chi connectivity index (χ4v) is 4.24. The van der Waals surface area contributed by atoms with Gasteiger partial charge in [0.1, 0.15) is 17.3 Å². The quantitative estimate of drug-likeness (QED) is 0.409. The van der Waals surface area contributed by atoms with Crippen molar-refractivity contribution in [3.63, 3.8) is 0 Å². The molecule has 0 saturated carbocycles. The van der Waals surface area contributed by atoms with Gasteiger partial charge in [-0.15, -0.1) is 0 Å². The van der Waals surface area contributed by atoms with Crippen LogP contribution >= 0.6 is 0 Å². The van der Waals surface area contributed by atoms with Gasteiger partial charge in [0.2, 0.25) is 10.0 Å². The maximum Gasteiger partial charge on any atom is 0.229 e. The van der Waals surface area contributed by atoms with E-state index in [2.05, 4.69) is 19.8 Å². The van der Waals surface area contributed by atoms with Crippen molar-refractivity contribution in [1.29, 1.82) is 0 Å². The molecule has 8 nitrogen and oxygen atoms in total. The van der Waals surface area contributed by atoms with E-state index in [1.165, 1.54) is 18.2 Å². The molecule has 172 valence electrons. The molecule has 1 aromatic carbocycles. The van der Waals surface area contributed by atoms with Crippen molar-refractivity contribution in [2.24, 2.45) is 7.05 Å². The first kappa shape index (κ1) is 21.7. The molecule has 0 aliphatic rings. The van der Waals surface area contributed by atoms with E-state index in [1.807, 2.05) is 31.6 Å². The normalized spacial score (nSPS) is 11.8. The van der Waals surface area contributed by atoms with Gasteiger partial charge in [0.15, 0.2) is 0 Å². The van der Waals surface area contributed by atoms with Gasteiger partial charge in [-0.3, -0.25) is 13.8 Å². The number of nitrogens with zero attached hydrogens (tertiary/aromatic N) is 5. The number of anilines is 1. The van der Waals surface area contributed by atoms with E-state index < -0.39 is 21.7 Å². The van der Waals surface area contributed by atoms with Gasteiger partial charge in [0.25, 0.3) is 0 Å². The lowest BCUT2D eigenvalue weighted by atomic mass is 10.1. The van der Waals surface area contributed by atoms with Crippen molar-refractivity contribution >= 4 is 21.4 Å². The van der Waals surface area contributed by atoms with E-state index in [0.717, 1.165) is 29.5 Å². The molecule has 0 spiro atoms. The minimum atomic E-state index is -3.62. The van der Waals surface area contributed by atoms with Crippen LogP contribution in [0.5, 0.6) is 0 Å². The highest BCUT2D eigenvalue weighted by Crippen LogP contribution is 2.30. The Morgan fingerprint density at radius 1 is 0.971 bits per heavy atom. The Kier molecular flexibility index (Phi) is 5.13. The maximum atomic E-state index is 14.5. The zero-order valence-electron chi connectivity index (χ0n) is 18.1. The van der Waals surface area contributed by atoms with Gasteiger partial charge in [0, 0.05) is 36.6 Å². The fraction of sp³-hybridized carbons (Fsp3) is 0.0870. The first-order valence-electron chi connectivity index (χ1n) is 10.1. The highest BCUT2D eigenvalue weighted by Gasteiger charge is 2.16. The molecular formula is C23H18F2N6O2S. The standard InChI is InChI=1S/C23H18F2N6O2S/c1-30-13-15(11-27-30)14-5-6-31-22(12-26-23(31)7-14)21-10-17(29-34(2,32)33)9-20(28-21)18-4-3-16(24)8-19(18)25/h3-13H,1-2H3,(H,28,29). The second kappa shape index (κ2) is 8.03. The van der Waals surface area contributed by atoms with Crippen molar-refractivity contribution in [1.82, 2.24) is 24.1 Å². The third-order valence-corrected chi connectivity index (χ3v) is 5.76. The lowest BCUT2D eigenvalue weighted by molar-refractivity contribution is 0.585. The number of sulfonamides is 1. The van der Waals surface area contributed by atoms with Crippen molar-refractivity contribution < 1.29 is 17.2 Å². The number of nitrogens with one attached hydrogen (secondary N) is 1. The molecule has 0 radical (unpaired) electrons. The molecule has 34 heavy (non-hydrogen) atoms. The molecule has 0 fully saturated rings. The Balaban J connectivity index is 1.65. The van der Waals surface area contributed by atoms with Gasteiger partial charge in [0.05, 0.1) is 41.4 Å². The average Bonchev–Trinajstić information content (AvgIpc) is 3.38. The zero-order chi connectivity index (χ0) is 24.0. The lowest BCUT2D eigenvalue weighted by Gasteiger charge is -2.11. The molecule has 5 aromatic rings. The highest BCUT2D eigenvalue weighted by molar-refractivity contribution is 7.92. The molecule has 0 atom stereocenters. The van der Waals surface area contributed by atoms with Crippen LogP contribution in [-0.4, -0.2) is 38.8 Å². The highest BCUT2D eigenvalue weighted by atomic mass is 32.2. The van der Waals surface area contributed by atoms with Crippen LogP contribution in [0.4, 0.5) is 14.5 Å². The van der Waals surface area contributed by atoms with E-state index in [0.29, 0.717) is 17.0 Å². The van der Waals surface area contributed by atoms with Crippen LogP contribution in [0.1, 0.15) is 0 Å². The summed E-state index contributed by atoms with van der Waals surface area (Å²) in [6, 6.07) is 9.84. The maximum absolute atomic E-state index is 14.5. The minimum absolute atomic E-state index is 0.0347. The third-order valence-electron chi connectivity index (χ3n) is 5.15. The molecule has 5 rings (SSSR count). The van der Waals surface area contributed by atoms with Gasteiger partial charge in [-0.25, -0.2) is 27.2 Å². The number of fused-ring (bicyclic) bond motifs is 1. The van der Waals surface area contributed by atoms with Crippen molar-refractivity contribution in [3.8, 4) is 33.8 Å². The van der Waals surface area contributed by atoms with Gasteiger partial charge in [-0.1, -0.05) is 0 Å². The van der Waals surface area contributed by atoms with Gasteiger partial charge >= 0.3 is 0 Å². The Morgan fingerprint density at radius 2 is 1.76 bits per heavy atom. The van der Waals surface area contributed by atoms with Gasteiger partial charge in [-0.2, -0.15) is 5.10 Å². The predicted octanol–water partition coefficient (Wildman–Crippen LogP) is 4.11. The number of aryl methyl sites for hydroxylation is 1. The summed E-state index contributed by atoms with van der Waals surface area (Å²) in [5.41, 5.74) is 3.77. The summed E-state index contributed by atoms with van der Waals surface area (Å²) in [4.78, 5) is 8.99. The monoisotopic (exact) mass is 480 g/mol. The van der Waals surface area contributed by atoms with Crippen LogP contribution < -0.4 is 4.72 Å². The number of benzene rings is 1. The second-order valence-electron chi connectivity index (χ2n) is 7.81. The van der Waals surface area contributed by atoms with Gasteiger partial charge in [-0.05, 0) is 42.0 Å². The Bertz CT molecular complexity index is 1660. The van der Waals surface area contributed by atoms with Crippen molar-refractivity contribution in [2.45, 2.75) is 0 Å². The molecule has 0 aliphatic carbocycles. The van der Waals surface area contributed by atoms with Crippen LogP contribution in [0, 0.1) is 11.6 Å². The number of hydrogen-bond acceptors (Lipinski definition) is 5. The predicted molar refractivity (Wildman–Crippen MR) is 124 cm³/mol. The number of aromatic nitrogens is 5. The number of pyridine rings is 2. The van der Waals surface area contributed by atoms with Crippen LogP contribution in [0.2, 0.25) is 0 Å². The average molecular weight is 481 g/mol. The molecule has 0 unspecified atom stereocenters. The molecule has 4 heterocycles. The largest absolute Gasteiger partial charge is 0.298 e. The molecule has 1 N–H and O–H groups in total. The summed E-state index contributed by atoms with van der Waals surface area (Å²) < 4.78 is 57.6. The smallest absolute Gasteiger partial charge is 0.229 e. The van der Waals surface area contributed by atoms with E-state index in [4.69, 9.17) is 0 Å². The molecule has 0 bridgehead atoms. The number of imidazole rings is 1. The Morgan fingerprint density at radius 3 is 2.47 bits per heavy atom. The summed E-state index contributed by atoms with van der Waals surface area (Å²) >= 11 is 0. The molecular weight excluding hydrogens is 462 g/mol. The molecule has 0 amide bonds. The van der Waals surface area contributed by atoms with Gasteiger partial charge < -0.3 is 0 Å². The zero-order valence-corrected chi connectivity index (χ0v) is 18.9. The third kappa shape index (κ3) is 4.25. The van der Waals surface area contributed by atoms with Crippen LogP contribution in [-0.2, 0) is 17.1 Å². The molecule has 0 saturated heterocycles. The second-order valence-corrected chi connectivity index (χ2v) is 9.56. The molecule has 11 heteroatoms. The van der Waals surface area contributed by atoms with E-state index in [1.54, 1.807) is 21.5 Å². The van der Waals surface area contributed by atoms with Crippen molar-refractivity contribution in [3.05, 3.63) is 78.9 Å². The summed E-state index contributed by atoms with van der Waals surface area (Å²) in [6.07, 6.45) is 8.07.